The number of nitrogens with two attached hydrogens (primary N) is 1. The first-order chi connectivity index (χ1) is 6.97. The summed E-state index contributed by atoms with van der Waals surface area (Å²) in [5.41, 5.74) is 6.89. The van der Waals surface area contributed by atoms with Crippen LogP contribution in [0.5, 0.6) is 0 Å². The van der Waals surface area contributed by atoms with Gasteiger partial charge in [-0.3, -0.25) is 4.79 Å². The largest absolute Gasteiger partial charge is 0.397 e. The Kier molecular flexibility index (Phi) is 3.39. The van der Waals surface area contributed by atoms with Crippen LogP contribution in [-0.2, 0) is 7.05 Å². The molecule has 84 valence electrons. The van der Waals surface area contributed by atoms with Gasteiger partial charge in [0.15, 0.2) is 0 Å². The van der Waals surface area contributed by atoms with Gasteiger partial charge in [0.05, 0.1) is 5.69 Å². The molecule has 1 unspecified atom stereocenters. The molecular formula is C11H19N3O. The van der Waals surface area contributed by atoms with E-state index >= 15 is 0 Å². The van der Waals surface area contributed by atoms with Crippen molar-refractivity contribution >= 4 is 11.6 Å². The van der Waals surface area contributed by atoms with Crippen LogP contribution in [-0.4, -0.2) is 28.5 Å². The predicted molar refractivity (Wildman–Crippen MR) is 61.7 cm³/mol. The second-order valence-electron chi connectivity index (χ2n) is 3.94. The van der Waals surface area contributed by atoms with E-state index in [0.717, 1.165) is 6.42 Å². The highest BCUT2D eigenvalue weighted by atomic mass is 16.2. The third-order valence-corrected chi connectivity index (χ3v) is 2.82. The van der Waals surface area contributed by atoms with Crippen molar-refractivity contribution in [1.29, 1.82) is 0 Å². The van der Waals surface area contributed by atoms with Gasteiger partial charge in [0.2, 0.25) is 0 Å². The lowest BCUT2D eigenvalue weighted by molar-refractivity contribution is 0.0731. The molecule has 0 aromatic carbocycles. The molecule has 0 aliphatic heterocycles. The maximum atomic E-state index is 12.0. The molecule has 0 aliphatic rings. The predicted octanol–water partition coefficient (Wildman–Crippen LogP) is 1.48. The van der Waals surface area contributed by atoms with E-state index in [4.69, 9.17) is 5.73 Å². The van der Waals surface area contributed by atoms with Gasteiger partial charge in [0, 0.05) is 26.3 Å². The fourth-order valence-electron chi connectivity index (χ4n) is 1.46. The van der Waals surface area contributed by atoms with Crippen LogP contribution in [0.15, 0.2) is 12.3 Å². The number of aromatic nitrogens is 1. The van der Waals surface area contributed by atoms with Crippen LogP contribution < -0.4 is 5.73 Å². The summed E-state index contributed by atoms with van der Waals surface area (Å²) in [5.74, 6) is 0.0172. The number of hydrogen-bond acceptors (Lipinski definition) is 2. The van der Waals surface area contributed by atoms with Crippen molar-refractivity contribution in [2.45, 2.75) is 26.3 Å². The molecule has 0 spiro atoms. The second-order valence-corrected chi connectivity index (χ2v) is 3.94. The van der Waals surface area contributed by atoms with Crippen LogP contribution in [0.1, 0.15) is 30.8 Å². The molecule has 0 radical (unpaired) electrons. The van der Waals surface area contributed by atoms with Crippen LogP contribution in [0.3, 0.4) is 0 Å². The lowest BCUT2D eigenvalue weighted by Crippen LogP contribution is -2.35. The highest BCUT2D eigenvalue weighted by molar-refractivity contribution is 5.93. The molecule has 0 aliphatic carbocycles. The van der Waals surface area contributed by atoms with E-state index < -0.39 is 0 Å². The van der Waals surface area contributed by atoms with Gasteiger partial charge in [-0.05, 0) is 19.4 Å². The van der Waals surface area contributed by atoms with Crippen LogP contribution >= 0.6 is 0 Å². The van der Waals surface area contributed by atoms with Gasteiger partial charge < -0.3 is 15.2 Å². The average Bonchev–Trinajstić information content (AvgIpc) is 2.54. The Morgan fingerprint density at radius 2 is 2.27 bits per heavy atom. The second kappa shape index (κ2) is 4.38. The fraction of sp³-hybridized carbons (Fsp3) is 0.545. The van der Waals surface area contributed by atoms with Gasteiger partial charge >= 0.3 is 0 Å². The molecule has 0 saturated heterocycles. The molecule has 1 aromatic heterocycles. The Bertz CT molecular complexity index is 357. The van der Waals surface area contributed by atoms with Gasteiger partial charge in [0.1, 0.15) is 5.69 Å². The molecule has 4 nitrogen and oxygen atoms in total. The Balaban J connectivity index is 2.89. The lowest BCUT2D eigenvalue weighted by Gasteiger charge is -2.23. The van der Waals surface area contributed by atoms with Crippen molar-refractivity contribution in [2.24, 2.45) is 7.05 Å². The molecule has 1 heterocycles. The monoisotopic (exact) mass is 209 g/mol. The maximum Gasteiger partial charge on any atom is 0.270 e. The van der Waals surface area contributed by atoms with Crippen molar-refractivity contribution in [2.75, 3.05) is 12.8 Å². The SMILES string of the molecule is CCC(C)N(C)C(=O)c1cc(N)cn1C. The zero-order chi connectivity index (χ0) is 11.6. The van der Waals surface area contributed by atoms with E-state index in [1.54, 1.807) is 21.7 Å². The van der Waals surface area contributed by atoms with E-state index in [1.807, 2.05) is 21.0 Å². The molecule has 1 amide bonds. The summed E-state index contributed by atoms with van der Waals surface area (Å²) in [6.45, 7) is 4.10. The number of aryl methyl sites for hydroxylation is 1. The molecule has 15 heavy (non-hydrogen) atoms. The minimum atomic E-state index is 0.0172. The summed E-state index contributed by atoms with van der Waals surface area (Å²) in [7, 11) is 3.65. The van der Waals surface area contributed by atoms with Crippen molar-refractivity contribution in [3.63, 3.8) is 0 Å². The quantitative estimate of drug-likeness (QED) is 0.819. The Hall–Kier alpha value is -1.45. The van der Waals surface area contributed by atoms with Crippen molar-refractivity contribution in [3.05, 3.63) is 18.0 Å². The van der Waals surface area contributed by atoms with E-state index in [0.29, 0.717) is 11.4 Å². The number of hydrogen-bond donors (Lipinski definition) is 1. The van der Waals surface area contributed by atoms with Crippen LogP contribution in [0.25, 0.3) is 0 Å². The lowest BCUT2D eigenvalue weighted by atomic mass is 10.2. The molecule has 1 atom stereocenters. The zero-order valence-corrected chi connectivity index (χ0v) is 9.82. The molecule has 0 saturated carbocycles. The van der Waals surface area contributed by atoms with Crippen molar-refractivity contribution < 1.29 is 4.79 Å². The Labute approximate surface area is 90.7 Å². The average molecular weight is 209 g/mol. The first-order valence-corrected chi connectivity index (χ1v) is 5.16. The van der Waals surface area contributed by atoms with Gasteiger partial charge in [-0.2, -0.15) is 0 Å². The molecule has 0 fully saturated rings. The molecule has 0 bridgehead atoms. The smallest absolute Gasteiger partial charge is 0.270 e. The van der Waals surface area contributed by atoms with E-state index in [2.05, 4.69) is 6.92 Å². The summed E-state index contributed by atoms with van der Waals surface area (Å²) in [6, 6.07) is 1.95. The normalized spacial score (nSPS) is 12.5. The Morgan fingerprint density at radius 3 is 2.67 bits per heavy atom. The van der Waals surface area contributed by atoms with Gasteiger partial charge in [-0.1, -0.05) is 6.92 Å². The van der Waals surface area contributed by atoms with Crippen LogP contribution in [0.4, 0.5) is 5.69 Å². The first-order valence-electron chi connectivity index (χ1n) is 5.16. The number of anilines is 1. The van der Waals surface area contributed by atoms with E-state index in [1.165, 1.54) is 0 Å². The third kappa shape index (κ3) is 2.32. The number of nitrogens with zero attached hydrogens (tertiary/aromatic N) is 2. The van der Waals surface area contributed by atoms with Crippen molar-refractivity contribution in [1.82, 2.24) is 9.47 Å². The molecule has 1 aromatic rings. The molecule has 4 heteroatoms. The third-order valence-electron chi connectivity index (χ3n) is 2.82. The van der Waals surface area contributed by atoms with E-state index in [-0.39, 0.29) is 11.9 Å². The highest BCUT2D eigenvalue weighted by Crippen LogP contribution is 2.13. The standard InChI is InChI=1S/C11H19N3O/c1-5-8(2)14(4)11(15)10-6-9(12)7-13(10)3/h6-8H,5,12H2,1-4H3. The summed E-state index contributed by atoms with van der Waals surface area (Å²) in [6.07, 6.45) is 2.69. The minimum absolute atomic E-state index is 0.0172. The van der Waals surface area contributed by atoms with Gasteiger partial charge in [-0.25, -0.2) is 0 Å². The van der Waals surface area contributed by atoms with Gasteiger partial charge in [0.25, 0.3) is 5.91 Å². The number of carbonyl (C=O) groups excluding carboxylic acids is 1. The minimum Gasteiger partial charge on any atom is -0.397 e. The van der Waals surface area contributed by atoms with Crippen molar-refractivity contribution in [3.8, 4) is 0 Å². The van der Waals surface area contributed by atoms with Gasteiger partial charge in [-0.15, -0.1) is 0 Å². The molecular weight excluding hydrogens is 190 g/mol. The Morgan fingerprint density at radius 1 is 1.67 bits per heavy atom. The number of rotatable bonds is 3. The topological polar surface area (TPSA) is 51.3 Å². The summed E-state index contributed by atoms with van der Waals surface area (Å²) >= 11 is 0. The highest BCUT2D eigenvalue weighted by Gasteiger charge is 2.18. The number of nitrogen functional groups attached to an aromatic ring is 1. The first kappa shape index (κ1) is 11.6. The maximum absolute atomic E-state index is 12.0. The summed E-state index contributed by atoms with van der Waals surface area (Å²) in [4.78, 5) is 13.8. The molecule has 1 rings (SSSR count). The zero-order valence-electron chi connectivity index (χ0n) is 9.82. The number of carbonyl (C=O) groups is 1. The fourth-order valence-corrected chi connectivity index (χ4v) is 1.46. The summed E-state index contributed by atoms with van der Waals surface area (Å²) < 4.78 is 1.76. The summed E-state index contributed by atoms with van der Waals surface area (Å²) in [5, 5.41) is 0. The van der Waals surface area contributed by atoms with E-state index in [9.17, 15) is 4.79 Å². The molecule has 2 N–H and O–H groups in total. The van der Waals surface area contributed by atoms with Crippen LogP contribution in [0, 0.1) is 0 Å². The number of amides is 1. The van der Waals surface area contributed by atoms with Crippen LogP contribution in [0.2, 0.25) is 0 Å².